The van der Waals surface area contributed by atoms with E-state index in [9.17, 15) is 14.3 Å². The average Bonchev–Trinajstić information content (AvgIpc) is 2.81. The quantitative estimate of drug-likeness (QED) is 0.748. The topological polar surface area (TPSA) is 56.1 Å². The van der Waals surface area contributed by atoms with Gasteiger partial charge in [-0.1, -0.05) is 49.4 Å². The van der Waals surface area contributed by atoms with E-state index < -0.39 is 5.60 Å². The summed E-state index contributed by atoms with van der Waals surface area (Å²) < 4.78 is 14.0. The molecule has 1 amide bonds. The molecule has 1 atom stereocenters. The summed E-state index contributed by atoms with van der Waals surface area (Å²) in [4.78, 5) is 21.1. The number of hydrogen-bond acceptors (Lipinski definition) is 4. The summed E-state index contributed by atoms with van der Waals surface area (Å²) in [6.45, 7) is 4.00. The summed E-state index contributed by atoms with van der Waals surface area (Å²) >= 11 is 0. The van der Waals surface area contributed by atoms with Crippen molar-refractivity contribution in [3.63, 3.8) is 0 Å². The molecule has 2 aliphatic heterocycles. The zero-order valence-electron chi connectivity index (χ0n) is 18.5. The van der Waals surface area contributed by atoms with Gasteiger partial charge in [-0.05, 0) is 42.5 Å². The fourth-order valence-corrected chi connectivity index (χ4v) is 4.39. The molecule has 0 bridgehead atoms. The smallest absolute Gasteiger partial charge is 0.223 e. The number of nitrogens with zero attached hydrogens (tertiary/aromatic N) is 3. The van der Waals surface area contributed by atoms with Crippen molar-refractivity contribution in [3.8, 4) is 0 Å². The number of allylic oxidation sites excluding steroid dienone is 1. The number of benzene rings is 2. The van der Waals surface area contributed by atoms with Gasteiger partial charge in [0.2, 0.25) is 5.91 Å². The minimum absolute atomic E-state index is 0.139. The van der Waals surface area contributed by atoms with Gasteiger partial charge in [-0.3, -0.25) is 9.79 Å². The van der Waals surface area contributed by atoms with E-state index in [-0.39, 0.29) is 17.6 Å². The number of carbonyl (C=O) groups is 1. The minimum atomic E-state index is -0.864. The van der Waals surface area contributed by atoms with E-state index in [1.54, 1.807) is 24.3 Å². The van der Waals surface area contributed by atoms with Crippen molar-refractivity contribution in [2.24, 2.45) is 4.99 Å². The maximum Gasteiger partial charge on any atom is 0.223 e. The molecule has 0 aliphatic carbocycles. The number of likely N-dealkylation sites (tertiary alicyclic amines) is 1. The number of amides is 1. The van der Waals surface area contributed by atoms with Gasteiger partial charge < -0.3 is 14.9 Å². The summed E-state index contributed by atoms with van der Waals surface area (Å²) in [5.74, 6) is 0.0199. The van der Waals surface area contributed by atoms with Gasteiger partial charge >= 0.3 is 0 Å². The average molecular weight is 436 g/mol. The third kappa shape index (κ3) is 5.25. The summed E-state index contributed by atoms with van der Waals surface area (Å²) in [6.07, 6.45) is 5.20. The van der Waals surface area contributed by atoms with Crippen LogP contribution in [0.15, 0.2) is 71.9 Å². The van der Waals surface area contributed by atoms with Gasteiger partial charge in [-0.25, -0.2) is 4.39 Å². The normalized spacial score (nSPS) is 18.9. The Kier molecular flexibility index (Phi) is 6.70. The molecule has 32 heavy (non-hydrogen) atoms. The van der Waals surface area contributed by atoms with Crippen LogP contribution >= 0.6 is 0 Å². The zero-order valence-corrected chi connectivity index (χ0v) is 18.5. The lowest BCUT2D eigenvalue weighted by Crippen LogP contribution is -2.51. The highest BCUT2D eigenvalue weighted by molar-refractivity contribution is 6.09. The summed E-state index contributed by atoms with van der Waals surface area (Å²) in [5.41, 5.74) is 1.40. The predicted octanol–water partition coefficient (Wildman–Crippen LogP) is 3.95. The predicted molar refractivity (Wildman–Crippen MR) is 124 cm³/mol. The number of aliphatic hydroxyl groups is 1. The number of carbonyl (C=O) groups excluding carboxylic acids is 1. The first-order valence-electron chi connectivity index (χ1n) is 11.2. The Hall–Kier alpha value is -2.99. The molecular weight excluding hydrogens is 405 g/mol. The lowest BCUT2D eigenvalue weighted by atomic mass is 9.90. The Morgan fingerprint density at radius 1 is 1.12 bits per heavy atom. The van der Waals surface area contributed by atoms with E-state index in [1.807, 2.05) is 34.2 Å². The van der Waals surface area contributed by atoms with Gasteiger partial charge in [0.1, 0.15) is 12.5 Å². The van der Waals surface area contributed by atoms with Gasteiger partial charge in [0.15, 0.2) is 0 Å². The third-order valence-electron chi connectivity index (χ3n) is 6.41. The largest absolute Gasteiger partial charge is 0.388 e. The van der Waals surface area contributed by atoms with Crippen molar-refractivity contribution in [1.29, 1.82) is 0 Å². The number of aliphatic imine (C=N–C) groups is 1. The number of halogens is 1. The van der Waals surface area contributed by atoms with Crippen molar-refractivity contribution < 1.29 is 14.3 Å². The molecule has 0 saturated carbocycles. The molecule has 0 radical (unpaired) electrons. The Balaban J connectivity index is 1.27. The molecule has 4 rings (SSSR count). The van der Waals surface area contributed by atoms with Crippen molar-refractivity contribution in [2.45, 2.75) is 37.7 Å². The molecule has 6 heteroatoms. The first-order valence-corrected chi connectivity index (χ1v) is 11.2. The number of piperidine rings is 1. The molecule has 0 aromatic heterocycles. The van der Waals surface area contributed by atoms with Crippen LogP contribution < -0.4 is 0 Å². The summed E-state index contributed by atoms with van der Waals surface area (Å²) in [7, 11) is 0. The van der Waals surface area contributed by atoms with Gasteiger partial charge in [-0.15, -0.1) is 0 Å². The lowest BCUT2D eigenvalue weighted by molar-refractivity contribution is -0.136. The Morgan fingerprint density at radius 3 is 2.47 bits per heavy atom. The van der Waals surface area contributed by atoms with Crippen LogP contribution in [0.5, 0.6) is 0 Å². The molecule has 2 aromatic rings. The van der Waals surface area contributed by atoms with Crippen molar-refractivity contribution in [3.05, 3.63) is 83.8 Å². The Morgan fingerprint density at radius 2 is 1.81 bits per heavy atom. The second kappa shape index (κ2) is 9.65. The molecule has 2 aromatic carbocycles. The van der Waals surface area contributed by atoms with Crippen molar-refractivity contribution >= 4 is 11.6 Å². The third-order valence-corrected chi connectivity index (χ3v) is 6.41. The fourth-order valence-electron chi connectivity index (χ4n) is 4.39. The monoisotopic (exact) mass is 435 g/mol. The Bertz CT molecular complexity index is 997. The Labute approximate surface area is 188 Å². The molecule has 1 N–H and O–H groups in total. The van der Waals surface area contributed by atoms with Crippen LogP contribution in [0.1, 0.15) is 43.2 Å². The highest BCUT2D eigenvalue weighted by atomic mass is 19.1. The second-order valence-corrected chi connectivity index (χ2v) is 8.85. The first kappa shape index (κ1) is 22.2. The highest BCUT2D eigenvalue weighted by Crippen LogP contribution is 2.27. The molecule has 0 spiro atoms. The molecule has 1 unspecified atom stereocenters. The van der Waals surface area contributed by atoms with E-state index in [0.717, 1.165) is 0 Å². The molecule has 2 heterocycles. The second-order valence-electron chi connectivity index (χ2n) is 8.85. The number of rotatable bonds is 6. The highest BCUT2D eigenvalue weighted by Gasteiger charge is 2.35. The van der Waals surface area contributed by atoms with Crippen LogP contribution in [0.2, 0.25) is 0 Å². The van der Waals surface area contributed by atoms with Crippen LogP contribution in [0.25, 0.3) is 0 Å². The SMILES string of the molecule is CC(CC(=O)N1CCC(O)(CN2C=CC(c3ccccc3F)=NC2)CC1)c1ccccc1. The number of hydrogen-bond donors (Lipinski definition) is 1. The van der Waals surface area contributed by atoms with E-state index >= 15 is 0 Å². The summed E-state index contributed by atoms with van der Waals surface area (Å²) in [6, 6.07) is 16.7. The molecule has 2 aliphatic rings. The molecule has 1 fully saturated rings. The van der Waals surface area contributed by atoms with Crippen LogP contribution in [0, 0.1) is 5.82 Å². The fraction of sp³-hybridized carbons (Fsp3) is 0.385. The summed E-state index contributed by atoms with van der Waals surface area (Å²) in [5, 5.41) is 11.1. The van der Waals surface area contributed by atoms with Crippen LogP contribution in [-0.2, 0) is 4.79 Å². The molecule has 1 saturated heterocycles. The van der Waals surface area contributed by atoms with Crippen LogP contribution in [0.4, 0.5) is 4.39 Å². The van der Waals surface area contributed by atoms with Gasteiger partial charge in [0.25, 0.3) is 0 Å². The molecule has 168 valence electrons. The van der Waals surface area contributed by atoms with E-state index in [1.165, 1.54) is 11.6 Å². The lowest BCUT2D eigenvalue weighted by Gasteiger charge is -2.41. The maximum absolute atomic E-state index is 14.0. The van der Waals surface area contributed by atoms with E-state index in [2.05, 4.69) is 24.0 Å². The van der Waals surface area contributed by atoms with Crippen molar-refractivity contribution in [1.82, 2.24) is 9.80 Å². The van der Waals surface area contributed by atoms with Crippen molar-refractivity contribution in [2.75, 3.05) is 26.3 Å². The maximum atomic E-state index is 14.0. The number of β-amino-alcohol motifs (C(OH)–C–C–N with tert-alkyl or cyclic N) is 1. The van der Waals surface area contributed by atoms with Crippen LogP contribution in [-0.4, -0.2) is 58.4 Å². The minimum Gasteiger partial charge on any atom is -0.388 e. The molecular formula is C26H30FN3O2. The molecule has 5 nitrogen and oxygen atoms in total. The van der Waals surface area contributed by atoms with E-state index in [0.29, 0.717) is 56.8 Å². The zero-order chi connectivity index (χ0) is 22.6. The van der Waals surface area contributed by atoms with Gasteiger partial charge in [0, 0.05) is 37.8 Å². The van der Waals surface area contributed by atoms with Gasteiger partial charge in [0.05, 0.1) is 11.3 Å². The van der Waals surface area contributed by atoms with Gasteiger partial charge in [-0.2, -0.15) is 0 Å². The first-order chi connectivity index (χ1) is 15.4. The van der Waals surface area contributed by atoms with E-state index in [4.69, 9.17) is 0 Å². The van der Waals surface area contributed by atoms with Crippen LogP contribution in [0.3, 0.4) is 0 Å². The standard InChI is InChI=1S/C26H30FN3O2/c1-20(21-7-3-2-4-8-21)17-25(31)30-15-12-26(32,13-16-30)18-29-14-11-24(28-19-29)22-9-5-6-10-23(22)27/h2-11,14,20,32H,12-13,15-19H2,1H3.